The van der Waals surface area contributed by atoms with Gasteiger partial charge in [0.15, 0.2) is 0 Å². The van der Waals surface area contributed by atoms with E-state index in [2.05, 4.69) is 53.7 Å². The van der Waals surface area contributed by atoms with Crippen LogP contribution in [0.15, 0.2) is 30.3 Å². The highest BCUT2D eigenvalue weighted by Crippen LogP contribution is 2.44. The number of aliphatic hydroxyl groups excluding tert-OH is 2. The molecule has 1 rings (SSSR count). The Morgan fingerprint density at radius 3 is 1.72 bits per heavy atom. The van der Waals surface area contributed by atoms with Crippen LogP contribution in [0.4, 0.5) is 0 Å². The summed E-state index contributed by atoms with van der Waals surface area (Å²) in [6.07, 6.45) is -0.237. The smallest absolute Gasteiger partial charge is 0.200 e. The zero-order valence-electron chi connectivity index (χ0n) is 17.1. The number of aliphatic hydroxyl groups is 2. The van der Waals surface area contributed by atoms with Gasteiger partial charge in [0.05, 0.1) is 12.2 Å². The molecule has 0 fully saturated rings. The Labute approximate surface area is 155 Å². The average Bonchev–Trinajstić information content (AvgIpc) is 2.53. The van der Waals surface area contributed by atoms with Crippen LogP contribution in [-0.2, 0) is 10.8 Å². The predicted molar refractivity (Wildman–Crippen MR) is 108 cm³/mol. The molecule has 0 bridgehead atoms. The lowest BCUT2D eigenvalue weighted by Crippen LogP contribution is -2.54. The van der Waals surface area contributed by atoms with Gasteiger partial charge in [-0.1, -0.05) is 71.9 Å². The fourth-order valence-electron chi connectivity index (χ4n) is 4.43. The summed E-state index contributed by atoms with van der Waals surface area (Å²) in [4.78, 5) is 0. The molecule has 0 aliphatic rings. The van der Waals surface area contributed by atoms with Crippen molar-refractivity contribution in [2.24, 2.45) is 5.92 Å². The maximum atomic E-state index is 10.5. The van der Waals surface area contributed by atoms with Crippen LogP contribution in [0.5, 0.6) is 0 Å². The molecule has 0 saturated carbocycles. The lowest BCUT2D eigenvalue weighted by molar-refractivity contribution is -0.0171. The Kier molecular flexibility index (Phi) is 8.82. The van der Waals surface area contributed by atoms with Gasteiger partial charge >= 0.3 is 0 Å². The van der Waals surface area contributed by atoms with Crippen molar-refractivity contribution < 1.29 is 14.6 Å². The molecule has 25 heavy (non-hydrogen) atoms. The van der Waals surface area contributed by atoms with Gasteiger partial charge in [0.25, 0.3) is 0 Å². The van der Waals surface area contributed by atoms with E-state index in [4.69, 9.17) is 4.43 Å². The van der Waals surface area contributed by atoms with E-state index in [0.29, 0.717) is 23.0 Å². The van der Waals surface area contributed by atoms with Crippen LogP contribution in [-0.4, -0.2) is 37.3 Å². The summed E-state index contributed by atoms with van der Waals surface area (Å²) in [6, 6.07) is 10.2. The van der Waals surface area contributed by atoms with E-state index in [0.717, 1.165) is 0 Å². The second-order valence-corrected chi connectivity index (χ2v) is 13.7. The number of hydrogen-bond acceptors (Lipinski definition) is 3. The highest BCUT2D eigenvalue weighted by atomic mass is 28.4. The van der Waals surface area contributed by atoms with Crippen molar-refractivity contribution in [3.63, 3.8) is 0 Å². The van der Waals surface area contributed by atoms with Gasteiger partial charge in [-0.3, -0.25) is 0 Å². The van der Waals surface area contributed by atoms with Crippen LogP contribution in [0.1, 0.15) is 54.0 Å². The third kappa shape index (κ3) is 5.39. The predicted octanol–water partition coefficient (Wildman–Crippen LogP) is 4.78. The molecule has 0 saturated heterocycles. The van der Waals surface area contributed by atoms with E-state index in [1.165, 1.54) is 5.56 Å². The van der Waals surface area contributed by atoms with Crippen LogP contribution >= 0.6 is 0 Å². The summed E-state index contributed by atoms with van der Waals surface area (Å²) in [7, 11) is -2.12. The third-order valence-corrected chi connectivity index (χ3v) is 11.7. The molecule has 0 heterocycles. The molecule has 0 spiro atoms. The normalized spacial score (nSPS) is 16.5. The zero-order valence-corrected chi connectivity index (χ0v) is 18.1. The minimum absolute atomic E-state index is 0.0171. The van der Waals surface area contributed by atoms with Gasteiger partial charge in [0, 0.05) is 12.5 Å². The number of hydrogen-bond donors (Lipinski definition) is 2. The SMILES string of the molecule is CC(O)C(O[Si](C(C)C)(C(C)C)C(C)C)[C@H](CO)Cc1ccccc1. The first-order valence-corrected chi connectivity index (χ1v) is 11.8. The van der Waals surface area contributed by atoms with Crippen LogP contribution in [0, 0.1) is 5.92 Å². The van der Waals surface area contributed by atoms with Crippen LogP contribution < -0.4 is 0 Å². The molecule has 0 aliphatic heterocycles. The lowest BCUT2D eigenvalue weighted by atomic mass is 9.92. The summed E-state index contributed by atoms with van der Waals surface area (Å²) in [5.74, 6) is -0.106. The summed E-state index contributed by atoms with van der Waals surface area (Å²) < 4.78 is 6.84. The summed E-state index contributed by atoms with van der Waals surface area (Å²) in [6.45, 7) is 15.3. The first-order valence-electron chi connectivity index (χ1n) is 9.67. The van der Waals surface area contributed by atoms with Crippen molar-refractivity contribution in [1.82, 2.24) is 0 Å². The van der Waals surface area contributed by atoms with Crippen LogP contribution in [0.25, 0.3) is 0 Å². The van der Waals surface area contributed by atoms with E-state index in [1.807, 2.05) is 18.2 Å². The molecule has 3 nitrogen and oxygen atoms in total. The molecule has 0 radical (unpaired) electrons. The highest BCUT2D eigenvalue weighted by molar-refractivity contribution is 6.77. The van der Waals surface area contributed by atoms with E-state index >= 15 is 0 Å². The average molecular weight is 367 g/mol. The highest BCUT2D eigenvalue weighted by Gasteiger charge is 2.48. The second kappa shape index (κ2) is 9.86. The Balaban J connectivity index is 3.14. The molecule has 4 heteroatoms. The van der Waals surface area contributed by atoms with Crippen LogP contribution in [0.2, 0.25) is 16.6 Å². The topological polar surface area (TPSA) is 49.7 Å². The van der Waals surface area contributed by atoms with Crippen molar-refractivity contribution in [2.45, 2.75) is 83.7 Å². The summed E-state index contributed by atoms with van der Waals surface area (Å²) in [5, 5.41) is 20.5. The third-order valence-electron chi connectivity index (χ3n) is 5.56. The standard InChI is InChI=1S/C21H38O3Si/c1-15(2)25(16(3)4,17(5)6)24-21(18(7)23)20(14-22)13-19-11-9-8-10-12-19/h8-12,15-18,20-23H,13-14H2,1-7H3/t18?,20-,21?/m0/s1. The molecule has 3 atom stereocenters. The molecule has 0 aromatic heterocycles. The minimum atomic E-state index is -2.12. The maximum absolute atomic E-state index is 10.5. The van der Waals surface area contributed by atoms with E-state index in [1.54, 1.807) is 6.92 Å². The van der Waals surface area contributed by atoms with Crippen molar-refractivity contribution in [2.75, 3.05) is 6.61 Å². The molecule has 2 N–H and O–H groups in total. The molecule has 1 aromatic carbocycles. The van der Waals surface area contributed by atoms with Gasteiger partial charge in [-0.2, -0.15) is 0 Å². The van der Waals surface area contributed by atoms with Gasteiger partial charge in [-0.05, 0) is 35.5 Å². The first-order chi connectivity index (χ1) is 11.7. The van der Waals surface area contributed by atoms with Gasteiger partial charge in [-0.25, -0.2) is 0 Å². The van der Waals surface area contributed by atoms with E-state index in [-0.39, 0.29) is 18.6 Å². The monoisotopic (exact) mass is 366 g/mol. The fraction of sp³-hybridized carbons (Fsp3) is 0.714. The Hall–Kier alpha value is -0.683. The summed E-state index contributed by atoms with van der Waals surface area (Å²) in [5.41, 5.74) is 2.51. The minimum Gasteiger partial charge on any atom is -0.410 e. The van der Waals surface area contributed by atoms with Gasteiger partial charge in [0.1, 0.15) is 0 Å². The van der Waals surface area contributed by atoms with Crippen LogP contribution in [0.3, 0.4) is 0 Å². The number of benzene rings is 1. The fourth-order valence-corrected chi connectivity index (χ4v) is 10.1. The first kappa shape index (κ1) is 22.4. The molecule has 0 aliphatic carbocycles. The van der Waals surface area contributed by atoms with Crippen molar-refractivity contribution in [1.29, 1.82) is 0 Å². The molecular formula is C21H38O3Si. The van der Waals surface area contributed by atoms with E-state index in [9.17, 15) is 10.2 Å². The second-order valence-electron chi connectivity index (χ2n) is 8.27. The van der Waals surface area contributed by atoms with Gasteiger partial charge in [0.2, 0.25) is 8.32 Å². The Bertz CT molecular complexity index is 463. The molecule has 1 aromatic rings. The maximum Gasteiger partial charge on any atom is 0.200 e. The van der Waals surface area contributed by atoms with Crippen molar-refractivity contribution in [3.05, 3.63) is 35.9 Å². The molecule has 0 amide bonds. The van der Waals surface area contributed by atoms with Crippen molar-refractivity contribution >= 4 is 8.32 Å². The van der Waals surface area contributed by atoms with E-state index < -0.39 is 14.4 Å². The van der Waals surface area contributed by atoms with Crippen molar-refractivity contribution in [3.8, 4) is 0 Å². The number of rotatable bonds is 10. The van der Waals surface area contributed by atoms with Gasteiger partial charge < -0.3 is 14.6 Å². The Morgan fingerprint density at radius 2 is 1.36 bits per heavy atom. The quantitative estimate of drug-likeness (QED) is 0.586. The van der Waals surface area contributed by atoms with Gasteiger partial charge in [-0.15, -0.1) is 0 Å². The molecular weight excluding hydrogens is 328 g/mol. The lowest BCUT2D eigenvalue weighted by Gasteiger charge is -2.46. The zero-order chi connectivity index (χ0) is 19.2. The largest absolute Gasteiger partial charge is 0.410 e. The molecule has 144 valence electrons. The Morgan fingerprint density at radius 1 is 0.880 bits per heavy atom. The molecule has 2 unspecified atom stereocenters. The summed E-state index contributed by atoms with van der Waals surface area (Å²) >= 11 is 0.